The third kappa shape index (κ3) is 6.75. The minimum absolute atomic E-state index is 0.185. The van der Waals surface area contributed by atoms with Gasteiger partial charge in [0.1, 0.15) is 11.4 Å². The van der Waals surface area contributed by atoms with Crippen molar-refractivity contribution in [1.82, 2.24) is 4.98 Å². The molecule has 30 heavy (non-hydrogen) atoms. The highest BCUT2D eigenvalue weighted by Gasteiger charge is 2.05. The summed E-state index contributed by atoms with van der Waals surface area (Å²) in [5, 5.41) is 1.11. The third-order valence-corrected chi connectivity index (χ3v) is 5.36. The Bertz CT molecular complexity index is 1180. The van der Waals surface area contributed by atoms with Crippen LogP contribution in [0.3, 0.4) is 0 Å². The number of hydrogen-bond acceptors (Lipinski definition) is 4. The van der Waals surface area contributed by atoms with Gasteiger partial charge in [-0.3, -0.25) is 4.55 Å². The lowest BCUT2D eigenvalue weighted by molar-refractivity contribution is 0.316. The van der Waals surface area contributed by atoms with Gasteiger partial charge >= 0.3 is 0 Å². The number of nitrogens with zero attached hydrogens (tertiary/aromatic N) is 1. The second-order valence-electron chi connectivity index (χ2n) is 6.32. The van der Waals surface area contributed by atoms with Crippen molar-refractivity contribution in [3.8, 4) is 28.7 Å². The molecule has 0 amide bonds. The number of ether oxygens (including phenoxy) is 1. The van der Waals surface area contributed by atoms with Gasteiger partial charge in [0.05, 0.1) is 17.4 Å². The maximum absolute atomic E-state index is 10.7. The highest BCUT2D eigenvalue weighted by atomic mass is 35.5. The largest absolute Gasteiger partial charge is 0.494 e. The lowest BCUT2D eigenvalue weighted by Crippen LogP contribution is -2.08. The zero-order valence-corrected chi connectivity index (χ0v) is 18.0. The summed E-state index contributed by atoms with van der Waals surface area (Å²) in [7, 11) is -3.96. The molecule has 0 unspecified atom stereocenters. The van der Waals surface area contributed by atoms with Crippen LogP contribution in [0.1, 0.15) is 17.7 Å². The zero-order chi connectivity index (χ0) is 21.6. The Kier molecular flexibility index (Phi) is 7.35. The van der Waals surface area contributed by atoms with Gasteiger partial charge in [-0.1, -0.05) is 41.3 Å². The molecule has 0 aliphatic heterocycles. The van der Waals surface area contributed by atoms with E-state index in [4.69, 9.17) is 32.5 Å². The van der Waals surface area contributed by atoms with Crippen LogP contribution in [0, 0.1) is 11.8 Å². The van der Waals surface area contributed by atoms with Crippen LogP contribution in [0.15, 0.2) is 60.8 Å². The Labute approximate surface area is 185 Å². The first-order valence-electron chi connectivity index (χ1n) is 8.92. The highest BCUT2D eigenvalue weighted by Crippen LogP contribution is 2.25. The number of halogens is 2. The predicted octanol–water partition coefficient (Wildman–Crippen LogP) is 5.11. The first kappa shape index (κ1) is 22.1. The van der Waals surface area contributed by atoms with E-state index in [0.29, 0.717) is 21.5 Å². The average Bonchev–Trinajstić information content (AvgIpc) is 2.71. The molecule has 0 radical (unpaired) electrons. The Morgan fingerprint density at radius 2 is 1.67 bits per heavy atom. The summed E-state index contributed by atoms with van der Waals surface area (Å²) in [4.78, 5) is 4.35. The Morgan fingerprint density at radius 3 is 2.30 bits per heavy atom. The molecule has 8 heteroatoms. The van der Waals surface area contributed by atoms with Gasteiger partial charge in [-0.2, -0.15) is 8.42 Å². The van der Waals surface area contributed by atoms with E-state index in [1.165, 1.54) is 0 Å². The van der Waals surface area contributed by atoms with Gasteiger partial charge in [-0.15, -0.1) is 0 Å². The summed E-state index contributed by atoms with van der Waals surface area (Å²) in [5.41, 5.74) is 3.05. The number of rotatable bonds is 6. The average molecular weight is 462 g/mol. The molecule has 2 aromatic carbocycles. The first-order valence-corrected chi connectivity index (χ1v) is 11.3. The van der Waals surface area contributed by atoms with Crippen LogP contribution in [0.5, 0.6) is 5.75 Å². The maximum atomic E-state index is 10.7. The molecule has 5 nitrogen and oxygen atoms in total. The Balaban J connectivity index is 1.63. The van der Waals surface area contributed by atoms with Gasteiger partial charge < -0.3 is 4.74 Å². The molecular formula is C22H17Cl2NO4S. The predicted molar refractivity (Wildman–Crippen MR) is 119 cm³/mol. The maximum Gasteiger partial charge on any atom is 0.264 e. The van der Waals surface area contributed by atoms with Crippen LogP contribution in [-0.2, 0) is 10.1 Å². The van der Waals surface area contributed by atoms with Gasteiger partial charge in [0, 0.05) is 22.3 Å². The van der Waals surface area contributed by atoms with Crippen molar-refractivity contribution >= 4 is 33.3 Å². The van der Waals surface area contributed by atoms with Gasteiger partial charge in [0.15, 0.2) is 0 Å². The van der Waals surface area contributed by atoms with E-state index in [2.05, 4.69) is 16.8 Å². The fourth-order valence-corrected chi connectivity index (χ4v) is 3.35. The first-order chi connectivity index (χ1) is 14.3. The number of pyridine rings is 1. The van der Waals surface area contributed by atoms with Gasteiger partial charge in [0.25, 0.3) is 10.1 Å². The number of aromatic nitrogens is 1. The molecule has 0 bridgehead atoms. The molecule has 3 aromatic rings. The van der Waals surface area contributed by atoms with Crippen LogP contribution in [0.25, 0.3) is 11.1 Å². The molecule has 0 atom stereocenters. The quantitative estimate of drug-likeness (QED) is 0.313. The summed E-state index contributed by atoms with van der Waals surface area (Å²) in [6, 6.07) is 16.2. The van der Waals surface area contributed by atoms with Crippen molar-refractivity contribution in [1.29, 1.82) is 0 Å². The van der Waals surface area contributed by atoms with E-state index >= 15 is 0 Å². The highest BCUT2D eigenvalue weighted by molar-refractivity contribution is 7.85. The number of benzene rings is 2. The molecule has 0 aliphatic carbocycles. The summed E-state index contributed by atoms with van der Waals surface area (Å²) >= 11 is 12.2. The summed E-state index contributed by atoms with van der Waals surface area (Å²) in [6.07, 6.45) is 1.92. The van der Waals surface area contributed by atoms with E-state index in [1.54, 1.807) is 42.6 Å². The van der Waals surface area contributed by atoms with Crippen LogP contribution in [0.4, 0.5) is 0 Å². The Morgan fingerprint density at radius 1 is 0.967 bits per heavy atom. The van der Waals surface area contributed by atoms with Crippen LogP contribution in [0.2, 0.25) is 10.0 Å². The van der Waals surface area contributed by atoms with Gasteiger partial charge in [-0.05, 0) is 60.4 Å². The molecule has 1 aromatic heterocycles. The second kappa shape index (κ2) is 9.96. The molecule has 1 N–H and O–H groups in total. The van der Waals surface area contributed by atoms with E-state index in [1.807, 2.05) is 18.2 Å². The molecule has 0 spiro atoms. The molecule has 3 rings (SSSR count). The van der Waals surface area contributed by atoms with Crippen molar-refractivity contribution in [3.63, 3.8) is 0 Å². The second-order valence-corrected chi connectivity index (χ2v) is 8.74. The summed E-state index contributed by atoms with van der Waals surface area (Å²) in [6.45, 7) is 0.185. The number of hydrogen-bond donors (Lipinski definition) is 1. The molecular weight excluding hydrogens is 445 g/mol. The zero-order valence-electron chi connectivity index (χ0n) is 15.7. The minimum atomic E-state index is -3.96. The molecule has 0 saturated heterocycles. The normalized spacial score (nSPS) is 10.9. The van der Waals surface area contributed by atoms with Crippen molar-refractivity contribution in [2.24, 2.45) is 0 Å². The van der Waals surface area contributed by atoms with E-state index in [9.17, 15) is 8.42 Å². The standard InChI is InChI=1S/C22H17Cl2NO4S/c23-19-7-5-17(6-8-19)18-14-21(24)22(25-15-18)11-4-16-2-9-20(10-3-16)29-12-1-13-30(26,27)28/h2-3,5-10,14-15H,1,12-13H2,(H,26,27,28). The minimum Gasteiger partial charge on any atom is -0.494 e. The summed E-state index contributed by atoms with van der Waals surface area (Å²) < 4.78 is 35.5. The SMILES string of the molecule is O=S(=O)(O)CCCOc1ccc(C#Cc2ncc(-c3ccc(Cl)cc3)cc2Cl)cc1. The summed E-state index contributed by atoms with van der Waals surface area (Å²) in [5.74, 6) is 6.21. The van der Waals surface area contributed by atoms with Crippen LogP contribution >= 0.6 is 23.2 Å². The van der Waals surface area contributed by atoms with Crippen molar-refractivity contribution in [2.75, 3.05) is 12.4 Å². The fraction of sp³-hybridized carbons (Fsp3) is 0.136. The van der Waals surface area contributed by atoms with Crippen LogP contribution in [-0.4, -0.2) is 30.3 Å². The van der Waals surface area contributed by atoms with Crippen molar-refractivity contribution in [2.45, 2.75) is 6.42 Å². The molecule has 1 heterocycles. The van der Waals surface area contributed by atoms with E-state index in [0.717, 1.165) is 16.7 Å². The van der Waals surface area contributed by atoms with Crippen molar-refractivity contribution < 1.29 is 17.7 Å². The van der Waals surface area contributed by atoms with Crippen molar-refractivity contribution in [3.05, 3.63) is 82.1 Å². The molecule has 154 valence electrons. The van der Waals surface area contributed by atoms with E-state index in [-0.39, 0.29) is 18.8 Å². The molecule has 0 saturated carbocycles. The van der Waals surface area contributed by atoms with Gasteiger partial charge in [-0.25, -0.2) is 4.98 Å². The lowest BCUT2D eigenvalue weighted by atomic mass is 10.1. The fourth-order valence-electron chi connectivity index (χ4n) is 2.53. The van der Waals surface area contributed by atoms with Crippen LogP contribution < -0.4 is 4.74 Å². The lowest BCUT2D eigenvalue weighted by Gasteiger charge is -2.05. The monoisotopic (exact) mass is 461 g/mol. The smallest absolute Gasteiger partial charge is 0.264 e. The van der Waals surface area contributed by atoms with E-state index < -0.39 is 10.1 Å². The topological polar surface area (TPSA) is 76.5 Å². The Hall–Kier alpha value is -2.56. The molecule has 0 fully saturated rings. The third-order valence-electron chi connectivity index (χ3n) is 4.01. The van der Waals surface area contributed by atoms with Gasteiger partial charge in [0.2, 0.25) is 0 Å². The molecule has 0 aliphatic rings.